The molecule has 0 saturated carbocycles. The van der Waals surface area contributed by atoms with E-state index >= 15 is 0 Å². The predicted octanol–water partition coefficient (Wildman–Crippen LogP) is 4.72. The van der Waals surface area contributed by atoms with Gasteiger partial charge in [-0.05, 0) is 81.1 Å². The normalized spacial score (nSPS) is 25.5. The summed E-state index contributed by atoms with van der Waals surface area (Å²) in [6.45, 7) is 3.16. The summed E-state index contributed by atoms with van der Waals surface area (Å²) in [5, 5.41) is 1.20. The molecular formula is C24H27F2N3OS. The van der Waals surface area contributed by atoms with Crippen molar-refractivity contribution in [1.82, 2.24) is 15.3 Å². The molecule has 1 unspecified atom stereocenters. The number of carbonyl (C=O) groups excluding carboxylic acids is 1. The predicted molar refractivity (Wildman–Crippen MR) is 118 cm³/mol. The van der Waals surface area contributed by atoms with E-state index in [1.807, 2.05) is 12.1 Å². The van der Waals surface area contributed by atoms with E-state index in [1.54, 1.807) is 5.01 Å². The first kappa shape index (κ1) is 20.9. The molecule has 164 valence electrons. The summed E-state index contributed by atoms with van der Waals surface area (Å²) in [6.07, 6.45) is 5.33. The summed E-state index contributed by atoms with van der Waals surface area (Å²) in [7, 11) is 0. The first-order valence-corrected chi connectivity index (χ1v) is 12.0. The van der Waals surface area contributed by atoms with E-state index in [2.05, 4.69) is 22.5 Å². The number of thioether (sulfide) groups is 1. The van der Waals surface area contributed by atoms with Gasteiger partial charge in [-0.3, -0.25) is 9.80 Å². The van der Waals surface area contributed by atoms with Gasteiger partial charge in [-0.1, -0.05) is 24.3 Å². The largest absolute Gasteiger partial charge is 0.303 e. The fourth-order valence-corrected chi connectivity index (χ4v) is 6.76. The summed E-state index contributed by atoms with van der Waals surface area (Å²) in [6, 6.07) is 11.7. The number of hydrogen-bond donors (Lipinski definition) is 1. The number of carbonyl (C=O) groups is 1. The molecule has 2 aliphatic heterocycles. The number of hydrogen-bond acceptors (Lipinski definition) is 4. The number of fused-ring (bicyclic) bond motifs is 2. The minimum absolute atomic E-state index is 0.0164. The van der Waals surface area contributed by atoms with Crippen LogP contribution in [0.2, 0.25) is 0 Å². The van der Waals surface area contributed by atoms with Gasteiger partial charge >= 0.3 is 0 Å². The Morgan fingerprint density at radius 2 is 1.97 bits per heavy atom. The van der Waals surface area contributed by atoms with Crippen molar-refractivity contribution >= 4 is 17.7 Å². The zero-order chi connectivity index (χ0) is 21.4. The number of benzene rings is 2. The van der Waals surface area contributed by atoms with Gasteiger partial charge in [0, 0.05) is 12.0 Å². The maximum Gasteiger partial charge on any atom is 0.238 e. The molecule has 0 aromatic heterocycles. The zero-order valence-corrected chi connectivity index (χ0v) is 18.3. The van der Waals surface area contributed by atoms with Crippen molar-refractivity contribution in [1.29, 1.82) is 0 Å². The Balaban J connectivity index is 1.41. The molecule has 1 aliphatic carbocycles. The fraction of sp³-hybridized carbons (Fsp3) is 0.458. The summed E-state index contributed by atoms with van der Waals surface area (Å²) in [5.41, 5.74) is 5.82. The van der Waals surface area contributed by atoms with E-state index in [0.717, 1.165) is 56.6 Å². The van der Waals surface area contributed by atoms with E-state index in [0.29, 0.717) is 6.42 Å². The lowest BCUT2D eigenvalue weighted by Crippen LogP contribution is -2.48. The van der Waals surface area contributed by atoms with Crippen molar-refractivity contribution in [3.63, 3.8) is 0 Å². The average Bonchev–Trinajstić information content (AvgIpc) is 3.50. The molecule has 2 aromatic rings. The molecule has 2 saturated heterocycles. The van der Waals surface area contributed by atoms with Gasteiger partial charge in [0.1, 0.15) is 21.9 Å². The highest BCUT2D eigenvalue weighted by molar-refractivity contribution is 8.00. The Morgan fingerprint density at radius 1 is 1.16 bits per heavy atom. The minimum Gasteiger partial charge on any atom is -0.303 e. The summed E-state index contributed by atoms with van der Waals surface area (Å²) < 4.78 is 28.5. The number of aryl methyl sites for hydroxylation is 1. The van der Waals surface area contributed by atoms with Crippen molar-refractivity contribution in [2.45, 2.75) is 48.8 Å². The molecule has 1 spiro atoms. The maximum atomic E-state index is 14.6. The Kier molecular flexibility index (Phi) is 5.75. The van der Waals surface area contributed by atoms with E-state index in [9.17, 15) is 13.6 Å². The van der Waals surface area contributed by atoms with Crippen molar-refractivity contribution in [2.75, 3.05) is 19.6 Å². The van der Waals surface area contributed by atoms with Crippen LogP contribution in [0.1, 0.15) is 54.2 Å². The molecule has 5 rings (SSSR count). The van der Waals surface area contributed by atoms with Crippen molar-refractivity contribution in [3.8, 4) is 0 Å². The van der Waals surface area contributed by atoms with Gasteiger partial charge < -0.3 is 4.90 Å². The highest BCUT2D eigenvalue weighted by atomic mass is 32.2. The number of hydrazine groups is 1. The van der Waals surface area contributed by atoms with Crippen LogP contribution in [0.15, 0.2) is 42.5 Å². The maximum absolute atomic E-state index is 14.6. The second-order valence-electron chi connectivity index (χ2n) is 8.62. The number of likely N-dealkylation sites (tertiary alicyclic amines) is 1. The number of rotatable bonds is 5. The van der Waals surface area contributed by atoms with Crippen LogP contribution in [-0.4, -0.2) is 35.5 Å². The second-order valence-corrected chi connectivity index (χ2v) is 10.00. The van der Waals surface area contributed by atoms with Crippen LogP contribution in [-0.2, 0) is 16.1 Å². The highest BCUT2D eigenvalue weighted by Crippen LogP contribution is 2.58. The van der Waals surface area contributed by atoms with Gasteiger partial charge in [0.25, 0.3) is 0 Å². The molecule has 4 nitrogen and oxygen atoms in total. The van der Waals surface area contributed by atoms with Crippen molar-refractivity contribution < 1.29 is 13.6 Å². The molecular weight excluding hydrogens is 416 g/mol. The van der Waals surface area contributed by atoms with Crippen LogP contribution in [0.3, 0.4) is 0 Å². The molecule has 2 heterocycles. The Hall–Kier alpha value is -1.96. The van der Waals surface area contributed by atoms with Crippen LogP contribution >= 0.6 is 11.8 Å². The number of nitrogens with zero attached hydrogens (tertiary/aromatic N) is 2. The van der Waals surface area contributed by atoms with Crippen LogP contribution in [0, 0.1) is 11.6 Å². The third-order valence-corrected chi connectivity index (χ3v) is 8.24. The molecule has 2 fully saturated rings. The molecule has 31 heavy (non-hydrogen) atoms. The lowest BCUT2D eigenvalue weighted by atomic mass is 10.1. The number of halogens is 2. The second kappa shape index (κ2) is 8.52. The average molecular weight is 444 g/mol. The standard InChI is InChI=1S/C24H27F2N3OS/c25-18-9-10-21(26)19(16-18)23-27-29(22(30)8-5-15-28-13-3-4-14-28)24(31-23)12-11-17-6-1-2-7-20(17)24/h1-2,6-7,9-10,16,23,27H,3-5,8,11-15H2/t23-,24?/m1/s1. The molecule has 1 N–H and O–H groups in total. The summed E-state index contributed by atoms with van der Waals surface area (Å²) in [5.74, 6) is -0.922. The van der Waals surface area contributed by atoms with Gasteiger partial charge in [0.05, 0.1) is 0 Å². The Labute approximate surface area is 186 Å². The van der Waals surface area contributed by atoms with Crippen LogP contribution in [0.4, 0.5) is 8.78 Å². The first-order chi connectivity index (χ1) is 15.1. The monoisotopic (exact) mass is 443 g/mol. The van der Waals surface area contributed by atoms with Crippen molar-refractivity contribution in [3.05, 3.63) is 70.8 Å². The third kappa shape index (κ3) is 3.88. The van der Waals surface area contributed by atoms with Crippen LogP contribution < -0.4 is 5.43 Å². The summed E-state index contributed by atoms with van der Waals surface area (Å²) >= 11 is 1.51. The van der Waals surface area contributed by atoms with Crippen LogP contribution in [0.25, 0.3) is 0 Å². The van der Waals surface area contributed by atoms with E-state index < -0.39 is 21.9 Å². The summed E-state index contributed by atoms with van der Waals surface area (Å²) in [4.78, 5) is 15.2. The third-order valence-electron chi connectivity index (χ3n) is 6.65. The number of amides is 1. The minimum atomic E-state index is -0.593. The molecule has 0 bridgehead atoms. The molecule has 1 amide bonds. The molecule has 7 heteroatoms. The fourth-order valence-electron chi connectivity index (χ4n) is 5.10. The quantitative estimate of drug-likeness (QED) is 0.726. The highest BCUT2D eigenvalue weighted by Gasteiger charge is 2.53. The van der Waals surface area contributed by atoms with Gasteiger partial charge in [-0.15, -0.1) is 11.8 Å². The zero-order valence-electron chi connectivity index (χ0n) is 17.4. The van der Waals surface area contributed by atoms with Gasteiger partial charge in [-0.25, -0.2) is 14.2 Å². The van der Waals surface area contributed by atoms with Crippen LogP contribution in [0.5, 0.6) is 0 Å². The Bertz CT molecular complexity index is 981. The van der Waals surface area contributed by atoms with Gasteiger partial charge in [-0.2, -0.15) is 0 Å². The van der Waals surface area contributed by atoms with E-state index in [1.165, 1.54) is 36.2 Å². The number of nitrogens with one attached hydrogen (secondary N) is 1. The molecule has 2 aromatic carbocycles. The lowest BCUT2D eigenvalue weighted by molar-refractivity contribution is -0.138. The smallest absolute Gasteiger partial charge is 0.238 e. The SMILES string of the molecule is O=C(CCCN1CCCC1)N1N[C@@H](c2cc(F)ccc2F)SC12CCc1ccccc12. The molecule has 2 atom stereocenters. The molecule has 0 radical (unpaired) electrons. The van der Waals surface area contributed by atoms with Gasteiger partial charge in [0.15, 0.2) is 0 Å². The van der Waals surface area contributed by atoms with E-state index in [4.69, 9.17) is 0 Å². The van der Waals surface area contributed by atoms with Gasteiger partial charge in [0.2, 0.25) is 5.91 Å². The first-order valence-electron chi connectivity index (χ1n) is 11.1. The lowest BCUT2D eigenvalue weighted by Gasteiger charge is -2.34. The molecule has 3 aliphatic rings. The van der Waals surface area contributed by atoms with E-state index in [-0.39, 0.29) is 11.5 Å². The Morgan fingerprint density at radius 3 is 2.81 bits per heavy atom. The topological polar surface area (TPSA) is 35.6 Å². The van der Waals surface area contributed by atoms with Crippen molar-refractivity contribution in [2.24, 2.45) is 0 Å².